The van der Waals surface area contributed by atoms with Crippen LogP contribution in [0.15, 0.2) is 28.7 Å². The van der Waals surface area contributed by atoms with Crippen molar-refractivity contribution in [2.45, 2.75) is 6.92 Å². The molecule has 2 rings (SSSR count). The van der Waals surface area contributed by atoms with E-state index in [2.05, 4.69) is 4.98 Å². The summed E-state index contributed by atoms with van der Waals surface area (Å²) in [5.41, 5.74) is 5.48. The average Bonchev–Trinajstić information content (AvgIpc) is 2.71. The molecular formula is C11H9N3O4. The Morgan fingerprint density at radius 1 is 1.50 bits per heavy atom. The molecule has 0 radical (unpaired) electrons. The summed E-state index contributed by atoms with van der Waals surface area (Å²) in [7, 11) is 0. The van der Waals surface area contributed by atoms with Crippen LogP contribution in [0.25, 0.3) is 11.5 Å². The van der Waals surface area contributed by atoms with Gasteiger partial charge in [-0.05, 0) is 13.0 Å². The molecule has 0 aliphatic heterocycles. The fraction of sp³-hybridized carbons (Fsp3) is 0.0909. The Morgan fingerprint density at radius 3 is 2.78 bits per heavy atom. The number of amides is 1. The quantitative estimate of drug-likeness (QED) is 0.654. The van der Waals surface area contributed by atoms with Crippen LogP contribution < -0.4 is 5.73 Å². The molecule has 1 aromatic heterocycles. The van der Waals surface area contributed by atoms with Crippen LogP contribution in [0.2, 0.25) is 0 Å². The molecule has 18 heavy (non-hydrogen) atoms. The summed E-state index contributed by atoms with van der Waals surface area (Å²) < 4.78 is 5.26. The van der Waals surface area contributed by atoms with Crippen molar-refractivity contribution < 1.29 is 14.1 Å². The first kappa shape index (κ1) is 11.8. The molecule has 2 aromatic rings. The second-order valence-corrected chi connectivity index (χ2v) is 3.60. The summed E-state index contributed by atoms with van der Waals surface area (Å²) >= 11 is 0. The smallest absolute Gasteiger partial charge is 0.270 e. The second-order valence-electron chi connectivity index (χ2n) is 3.60. The number of rotatable bonds is 3. The molecule has 0 aliphatic carbocycles. The SMILES string of the molecule is Cc1oc(-c2cccc([N+](=O)[O-])c2)nc1C(N)=O. The summed E-state index contributed by atoms with van der Waals surface area (Å²) in [6.07, 6.45) is 0. The zero-order valence-electron chi connectivity index (χ0n) is 9.41. The molecule has 1 aromatic carbocycles. The van der Waals surface area contributed by atoms with E-state index in [1.807, 2.05) is 0 Å². The predicted octanol–water partition coefficient (Wildman–Crippen LogP) is 1.66. The highest BCUT2D eigenvalue weighted by Crippen LogP contribution is 2.24. The lowest BCUT2D eigenvalue weighted by molar-refractivity contribution is -0.384. The maximum Gasteiger partial charge on any atom is 0.270 e. The number of oxazole rings is 1. The van der Waals surface area contributed by atoms with E-state index in [0.29, 0.717) is 5.56 Å². The third kappa shape index (κ3) is 2.05. The molecule has 7 nitrogen and oxygen atoms in total. The third-order valence-electron chi connectivity index (χ3n) is 2.33. The molecule has 0 saturated heterocycles. The number of benzene rings is 1. The number of nitrogens with zero attached hydrogens (tertiary/aromatic N) is 2. The first-order valence-electron chi connectivity index (χ1n) is 5.01. The summed E-state index contributed by atoms with van der Waals surface area (Å²) in [6.45, 7) is 1.55. The van der Waals surface area contributed by atoms with Crippen LogP contribution >= 0.6 is 0 Å². The van der Waals surface area contributed by atoms with Gasteiger partial charge in [-0.15, -0.1) is 0 Å². The number of primary amides is 1. The number of aryl methyl sites for hydroxylation is 1. The van der Waals surface area contributed by atoms with E-state index in [1.165, 1.54) is 18.2 Å². The number of carbonyl (C=O) groups is 1. The maximum atomic E-state index is 11.0. The van der Waals surface area contributed by atoms with Crippen LogP contribution in [-0.2, 0) is 0 Å². The van der Waals surface area contributed by atoms with Gasteiger partial charge < -0.3 is 10.2 Å². The fourth-order valence-corrected chi connectivity index (χ4v) is 1.50. The van der Waals surface area contributed by atoms with E-state index in [0.717, 1.165) is 0 Å². The van der Waals surface area contributed by atoms with Gasteiger partial charge in [0, 0.05) is 17.7 Å². The number of nitro groups is 1. The Hall–Kier alpha value is -2.70. The van der Waals surface area contributed by atoms with E-state index >= 15 is 0 Å². The number of hydrogen-bond donors (Lipinski definition) is 1. The number of carbonyl (C=O) groups excluding carboxylic acids is 1. The van der Waals surface area contributed by atoms with Gasteiger partial charge in [-0.1, -0.05) is 6.07 Å². The van der Waals surface area contributed by atoms with Crippen LogP contribution in [-0.4, -0.2) is 15.8 Å². The highest BCUT2D eigenvalue weighted by atomic mass is 16.6. The second kappa shape index (κ2) is 4.28. The van der Waals surface area contributed by atoms with Crippen molar-refractivity contribution in [3.63, 3.8) is 0 Å². The van der Waals surface area contributed by atoms with Crippen molar-refractivity contribution in [3.8, 4) is 11.5 Å². The first-order valence-corrected chi connectivity index (χ1v) is 5.01. The minimum absolute atomic E-state index is 0.0245. The van der Waals surface area contributed by atoms with E-state index in [1.54, 1.807) is 13.0 Å². The van der Waals surface area contributed by atoms with Crippen LogP contribution in [0.1, 0.15) is 16.2 Å². The van der Waals surface area contributed by atoms with E-state index in [9.17, 15) is 14.9 Å². The lowest BCUT2D eigenvalue weighted by atomic mass is 10.2. The van der Waals surface area contributed by atoms with E-state index in [4.69, 9.17) is 10.2 Å². The topological polar surface area (TPSA) is 112 Å². The Kier molecular flexibility index (Phi) is 2.80. The number of nitro benzene ring substituents is 1. The summed E-state index contributed by atoms with van der Waals surface area (Å²) in [5.74, 6) is -0.290. The molecule has 1 heterocycles. The van der Waals surface area contributed by atoms with Gasteiger partial charge in [-0.2, -0.15) is 0 Å². The standard InChI is InChI=1S/C11H9N3O4/c1-6-9(10(12)15)13-11(18-6)7-3-2-4-8(5-7)14(16)17/h2-5H,1H3,(H2,12,15). The highest BCUT2D eigenvalue weighted by Gasteiger charge is 2.17. The van der Waals surface area contributed by atoms with Gasteiger partial charge in [0.25, 0.3) is 11.6 Å². The van der Waals surface area contributed by atoms with Crippen molar-refractivity contribution in [3.05, 3.63) is 45.8 Å². The molecule has 0 spiro atoms. The van der Waals surface area contributed by atoms with Crippen molar-refractivity contribution >= 4 is 11.6 Å². The predicted molar refractivity (Wildman–Crippen MR) is 61.8 cm³/mol. The van der Waals surface area contributed by atoms with Gasteiger partial charge in [0.2, 0.25) is 5.89 Å². The minimum atomic E-state index is -0.701. The van der Waals surface area contributed by atoms with Gasteiger partial charge in [0.1, 0.15) is 5.76 Å². The Balaban J connectivity index is 2.49. The molecule has 0 fully saturated rings. The number of non-ortho nitro benzene ring substituents is 1. The molecule has 7 heteroatoms. The fourth-order valence-electron chi connectivity index (χ4n) is 1.50. The van der Waals surface area contributed by atoms with Crippen molar-refractivity contribution in [2.24, 2.45) is 5.73 Å². The third-order valence-corrected chi connectivity index (χ3v) is 2.33. The normalized spacial score (nSPS) is 10.3. The lowest BCUT2D eigenvalue weighted by Gasteiger charge is -1.95. The summed E-state index contributed by atoms with van der Waals surface area (Å²) in [6, 6.07) is 5.78. The lowest BCUT2D eigenvalue weighted by Crippen LogP contribution is -2.12. The van der Waals surface area contributed by atoms with Gasteiger partial charge >= 0.3 is 0 Å². The van der Waals surface area contributed by atoms with E-state index < -0.39 is 10.8 Å². The molecular weight excluding hydrogens is 238 g/mol. The molecule has 92 valence electrons. The maximum absolute atomic E-state index is 11.0. The van der Waals surface area contributed by atoms with Gasteiger partial charge in [0.05, 0.1) is 4.92 Å². The van der Waals surface area contributed by atoms with Crippen molar-refractivity contribution in [1.82, 2.24) is 4.98 Å². The Labute approximate surface area is 101 Å². The minimum Gasteiger partial charge on any atom is -0.441 e. The molecule has 1 amide bonds. The summed E-state index contributed by atoms with van der Waals surface area (Å²) in [5, 5.41) is 10.6. The van der Waals surface area contributed by atoms with Gasteiger partial charge in [-0.25, -0.2) is 4.98 Å². The van der Waals surface area contributed by atoms with Crippen LogP contribution in [0.5, 0.6) is 0 Å². The number of aromatic nitrogens is 1. The number of nitrogens with two attached hydrogens (primary N) is 1. The monoisotopic (exact) mass is 247 g/mol. The van der Waals surface area contributed by atoms with Crippen LogP contribution in [0.4, 0.5) is 5.69 Å². The molecule has 2 N–H and O–H groups in total. The van der Waals surface area contributed by atoms with Crippen LogP contribution in [0.3, 0.4) is 0 Å². The molecule has 0 bridgehead atoms. The van der Waals surface area contributed by atoms with Gasteiger partial charge in [0.15, 0.2) is 5.69 Å². The van der Waals surface area contributed by atoms with E-state index in [-0.39, 0.29) is 23.0 Å². The molecule has 0 unspecified atom stereocenters. The summed E-state index contributed by atoms with van der Waals surface area (Å²) in [4.78, 5) is 25.1. The molecule has 0 atom stereocenters. The largest absolute Gasteiger partial charge is 0.441 e. The van der Waals surface area contributed by atoms with Crippen LogP contribution in [0, 0.1) is 17.0 Å². The Morgan fingerprint density at radius 2 is 2.22 bits per heavy atom. The zero-order chi connectivity index (χ0) is 13.3. The van der Waals surface area contributed by atoms with Crippen molar-refractivity contribution in [1.29, 1.82) is 0 Å². The first-order chi connectivity index (χ1) is 8.49. The van der Waals surface area contributed by atoms with Crippen molar-refractivity contribution in [2.75, 3.05) is 0 Å². The zero-order valence-corrected chi connectivity index (χ0v) is 9.41. The number of hydrogen-bond acceptors (Lipinski definition) is 5. The average molecular weight is 247 g/mol. The Bertz CT molecular complexity index is 633. The highest BCUT2D eigenvalue weighted by molar-refractivity contribution is 5.92. The molecule has 0 aliphatic rings. The van der Waals surface area contributed by atoms with Gasteiger partial charge in [-0.3, -0.25) is 14.9 Å². The molecule has 0 saturated carbocycles.